The van der Waals surface area contributed by atoms with Crippen molar-refractivity contribution in [2.75, 3.05) is 5.32 Å². The highest BCUT2D eigenvalue weighted by Gasteiger charge is 2.25. The Labute approximate surface area is 123 Å². The Kier molecular flexibility index (Phi) is 5.82. The summed E-state index contributed by atoms with van der Waals surface area (Å²) in [5.41, 5.74) is 1.29. The van der Waals surface area contributed by atoms with Crippen molar-refractivity contribution in [1.82, 2.24) is 5.32 Å². The summed E-state index contributed by atoms with van der Waals surface area (Å²) in [6.07, 6.45) is 0.660. The van der Waals surface area contributed by atoms with E-state index in [1.54, 1.807) is 32.0 Å². The van der Waals surface area contributed by atoms with Crippen molar-refractivity contribution < 1.29 is 14.7 Å². The molecule has 0 aliphatic heterocycles. The van der Waals surface area contributed by atoms with Crippen LogP contribution in [0.1, 0.15) is 25.8 Å². The number of halogens is 1. The summed E-state index contributed by atoms with van der Waals surface area (Å²) in [6, 6.07) is 3.68. The molecule has 0 bridgehead atoms. The molecular weight excluding hydrogens is 280 g/mol. The van der Waals surface area contributed by atoms with E-state index in [0.29, 0.717) is 17.1 Å². The number of aliphatic carboxylic acids is 1. The zero-order valence-electron chi connectivity index (χ0n) is 11.7. The van der Waals surface area contributed by atoms with Crippen LogP contribution in [0.5, 0.6) is 0 Å². The summed E-state index contributed by atoms with van der Waals surface area (Å²) in [5.74, 6) is -1.20. The Morgan fingerprint density at radius 1 is 1.40 bits per heavy atom. The van der Waals surface area contributed by atoms with Gasteiger partial charge in [-0.25, -0.2) is 9.59 Å². The van der Waals surface area contributed by atoms with Crippen molar-refractivity contribution in [1.29, 1.82) is 0 Å². The van der Waals surface area contributed by atoms with Gasteiger partial charge in [0.2, 0.25) is 0 Å². The van der Waals surface area contributed by atoms with Gasteiger partial charge in [0.25, 0.3) is 0 Å². The largest absolute Gasteiger partial charge is 0.480 e. The SMILES string of the molecule is CCC(C)C(NC(=O)Nc1cccc(Cl)c1C)C(=O)O. The van der Waals surface area contributed by atoms with Gasteiger partial charge < -0.3 is 15.7 Å². The van der Waals surface area contributed by atoms with Gasteiger partial charge in [-0.3, -0.25) is 0 Å². The second-order valence-electron chi connectivity index (χ2n) is 4.71. The summed E-state index contributed by atoms with van der Waals surface area (Å²) < 4.78 is 0. The minimum Gasteiger partial charge on any atom is -0.480 e. The average Bonchev–Trinajstić information content (AvgIpc) is 2.40. The first kappa shape index (κ1) is 16.3. The van der Waals surface area contributed by atoms with Gasteiger partial charge in [-0.1, -0.05) is 37.9 Å². The Hall–Kier alpha value is -1.75. The van der Waals surface area contributed by atoms with Crippen LogP contribution >= 0.6 is 11.6 Å². The number of urea groups is 1. The predicted molar refractivity (Wildman–Crippen MR) is 79.2 cm³/mol. The van der Waals surface area contributed by atoms with Gasteiger partial charge >= 0.3 is 12.0 Å². The van der Waals surface area contributed by atoms with Crippen molar-refractivity contribution in [3.05, 3.63) is 28.8 Å². The zero-order chi connectivity index (χ0) is 15.3. The third-order valence-electron chi connectivity index (χ3n) is 3.28. The van der Waals surface area contributed by atoms with Gasteiger partial charge in [0.1, 0.15) is 6.04 Å². The van der Waals surface area contributed by atoms with Crippen LogP contribution in [0, 0.1) is 12.8 Å². The van der Waals surface area contributed by atoms with Crippen molar-refractivity contribution in [2.24, 2.45) is 5.92 Å². The van der Waals surface area contributed by atoms with E-state index in [-0.39, 0.29) is 5.92 Å². The molecule has 20 heavy (non-hydrogen) atoms. The van der Waals surface area contributed by atoms with E-state index in [1.807, 2.05) is 6.92 Å². The first-order chi connectivity index (χ1) is 9.36. The van der Waals surface area contributed by atoms with E-state index < -0.39 is 18.0 Å². The highest BCUT2D eigenvalue weighted by molar-refractivity contribution is 6.31. The normalized spacial score (nSPS) is 13.4. The Morgan fingerprint density at radius 2 is 2.05 bits per heavy atom. The number of carboxylic acid groups (broad SMARTS) is 1. The van der Waals surface area contributed by atoms with E-state index >= 15 is 0 Å². The smallest absolute Gasteiger partial charge is 0.326 e. The molecule has 2 unspecified atom stereocenters. The lowest BCUT2D eigenvalue weighted by atomic mass is 9.99. The lowest BCUT2D eigenvalue weighted by molar-refractivity contribution is -0.140. The van der Waals surface area contributed by atoms with Gasteiger partial charge in [-0.2, -0.15) is 0 Å². The molecule has 5 nitrogen and oxygen atoms in total. The summed E-state index contributed by atoms with van der Waals surface area (Å²) in [6.45, 7) is 5.44. The molecule has 6 heteroatoms. The minimum atomic E-state index is -1.04. The van der Waals surface area contributed by atoms with E-state index in [2.05, 4.69) is 10.6 Å². The molecule has 0 heterocycles. The van der Waals surface area contributed by atoms with Crippen LogP contribution in [0.2, 0.25) is 5.02 Å². The van der Waals surface area contributed by atoms with Crippen LogP contribution in [0.15, 0.2) is 18.2 Å². The van der Waals surface area contributed by atoms with E-state index in [4.69, 9.17) is 16.7 Å². The average molecular weight is 299 g/mol. The number of anilines is 1. The number of carboxylic acids is 1. The molecule has 3 N–H and O–H groups in total. The summed E-state index contributed by atoms with van der Waals surface area (Å²) in [4.78, 5) is 23.0. The summed E-state index contributed by atoms with van der Waals surface area (Å²) >= 11 is 5.96. The molecule has 0 spiro atoms. The molecular formula is C14H19ClN2O3. The van der Waals surface area contributed by atoms with Crippen molar-refractivity contribution >= 4 is 29.3 Å². The topological polar surface area (TPSA) is 78.4 Å². The second-order valence-corrected chi connectivity index (χ2v) is 5.12. The highest BCUT2D eigenvalue weighted by Crippen LogP contribution is 2.22. The van der Waals surface area contributed by atoms with Crippen LogP contribution in [0.4, 0.5) is 10.5 Å². The van der Waals surface area contributed by atoms with Gasteiger partial charge in [0.05, 0.1) is 0 Å². The Bertz CT molecular complexity index is 505. The number of carbonyl (C=O) groups excluding carboxylic acids is 1. The molecule has 0 aromatic heterocycles. The molecule has 2 atom stereocenters. The lowest BCUT2D eigenvalue weighted by Crippen LogP contribution is -2.46. The molecule has 0 aliphatic carbocycles. The third kappa shape index (κ3) is 4.13. The van der Waals surface area contributed by atoms with Gasteiger partial charge in [0, 0.05) is 10.7 Å². The lowest BCUT2D eigenvalue weighted by Gasteiger charge is -2.20. The zero-order valence-corrected chi connectivity index (χ0v) is 12.5. The number of carbonyl (C=O) groups is 2. The maximum atomic E-state index is 11.9. The number of hydrogen-bond donors (Lipinski definition) is 3. The number of benzene rings is 1. The summed E-state index contributed by atoms with van der Waals surface area (Å²) in [7, 11) is 0. The first-order valence-electron chi connectivity index (χ1n) is 6.42. The van der Waals surface area contributed by atoms with Crippen LogP contribution in [-0.4, -0.2) is 23.1 Å². The highest BCUT2D eigenvalue weighted by atomic mass is 35.5. The van der Waals surface area contributed by atoms with Gasteiger partial charge in [-0.05, 0) is 30.5 Å². The molecule has 0 aliphatic rings. The predicted octanol–water partition coefficient (Wildman–Crippen LogP) is 3.27. The fraction of sp³-hybridized carbons (Fsp3) is 0.429. The van der Waals surface area contributed by atoms with Crippen molar-refractivity contribution in [3.8, 4) is 0 Å². The number of rotatable bonds is 5. The third-order valence-corrected chi connectivity index (χ3v) is 3.69. The van der Waals surface area contributed by atoms with Crippen molar-refractivity contribution in [2.45, 2.75) is 33.2 Å². The number of hydrogen-bond acceptors (Lipinski definition) is 2. The molecule has 1 rings (SSSR count). The Morgan fingerprint density at radius 3 is 2.60 bits per heavy atom. The fourth-order valence-corrected chi connectivity index (χ4v) is 1.90. The molecule has 1 aromatic carbocycles. The second kappa shape index (κ2) is 7.14. The molecule has 2 amide bonds. The molecule has 110 valence electrons. The number of nitrogens with one attached hydrogen (secondary N) is 2. The molecule has 0 fully saturated rings. The standard InChI is InChI=1S/C14H19ClN2O3/c1-4-8(2)12(13(18)19)17-14(20)16-11-7-5-6-10(15)9(11)3/h5-8,12H,4H2,1-3H3,(H,18,19)(H2,16,17,20). The monoisotopic (exact) mass is 298 g/mol. The Balaban J connectivity index is 2.76. The van der Waals surface area contributed by atoms with Crippen LogP contribution in [0.25, 0.3) is 0 Å². The van der Waals surface area contributed by atoms with E-state index in [9.17, 15) is 9.59 Å². The first-order valence-corrected chi connectivity index (χ1v) is 6.80. The maximum absolute atomic E-state index is 11.9. The summed E-state index contributed by atoms with van der Waals surface area (Å²) in [5, 5.41) is 14.8. The van der Waals surface area contributed by atoms with Crippen LogP contribution in [0.3, 0.4) is 0 Å². The fourth-order valence-electron chi connectivity index (χ4n) is 1.73. The van der Waals surface area contributed by atoms with Crippen LogP contribution in [-0.2, 0) is 4.79 Å². The maximum Gasteiger partial charge on any atom is 0.326 e. The van der Waals surface area contributed by atoms with E-state index in [1.165, 1.54) is 0 Å². The van der Waals surface area contributed by atoms with Gasteiger partial charge in [0.15, 0.2) is 0 Å². The molecule has 0 radical (unpaired) electrons. The number of amides is 2. The molecule has 0 saturated heterocycles. The van der Waals surface area contributed by atoms with Crippen molar-refractivity contribution in [3.63, 3.8) is 0 Å². The molecule has 0 saturated carbocycles. The minimum absolute atomic E-state index is 0.154. The molecule has 1 aromatic rings. The quantitative estimate of drug-likeness (QED) is 0.780. The van der Waals surface area contributed by atoms with E-state index in [0.717, 1.165) is 5.56 Å². The van der Waals surface area contributed by atoms with Crippen LogP contribution < -0.4 is 10.6 Å². The van der Waals surface area contributed by atoms with Gasteiger partial charge in [-0.15, -0.1) is 0 Å².